The van der Waals surface area contributed by atoms with E-state index >= 15 is 0 Å². The third-order valence-electron chi connectivity index (χ3n) is 2.10. The van der Waals surface area contributed by atoms with Crippen molar-refractivity contribution in [3.05, 3.63) is 34.3 Å². The Morgan fingerprint density at radius 3 is 3.08 bits per heavy atom. The van der Waals surface area contributed by atoms with Crippen LogP contribution >= 0.6 is 11.6 Å². The zero-order valence-electron chi connectivity index (χ0n) is 6.59. The maximum Gasteiger partial charge on any atom is 0.0735 e. The molecule has 1 unspecified atom stereocenters. The van der Waals surface area contributed by atoms with Gasteiger partial charge >= 0.3 is 0 Å². The molecule has 0 aliphatic carbocycles. The van der Waals surface area contributed by atoms with Gasteiger partial charge in [0.1, 0.15) is 0 Å². The number of hydrogen-bond donors (Lipinski definition) is 1. The normalized spacial score (nSPS) is 22.0. The first-order valence-electron chi connectivity index (χ1n) is 3.89. The van der Waals surface area contributed by atoms with Gasteiger partial charge in [0.2, 0.25) is 0 Å². The molecule has 1 aliphatic rings. The minimum atomic E-state index is -0.0209. The quantitative estimate of drug-likeness (QED) is 0.667. The van der Waals surface area contributed by atoms with Crippen LogP contribution in [0.3, 0.4) is 0 Å². The highest BCUT2D eigenvalue weighted by molar-refractivity contribution is 6.31. The SMILES string of the molecule is NC1COCc2c(Cl)cccc21. The summed E-state index contributed by atoms with van der Waals surface area (Å²) in [5, 5.41) is 0.752. The van der Waals surface area contributed by atoms with Crippen molar-refractivity contribution in [2.75, 3.05) is 6.61 Å². The molecule has 0 aromatic heterocycles. The summed E-state index contributed by atoms with van der Waals surface area (Å²) in [4.78, 5) is 0. The van der Waals surface area contributed by atoms with Crippen molar-refractivity contribution in [2.24, 2.45) is 5.73 Å². The van der Waals surface area contributed by atoms with Gasteiger partial charge in [-0.1, -0.05) is 23.7 Å². The Hall–Kier alpha value is -0.570. The van der Waals surface area contributed by atoms with E-state index in [1.165, 1.54) is 0 Å². The van der Waals surface area contributed by atoms with E-state index < -0.39 is 0 Å². The molecule has 0 radical (unpaired) electrons. The number of nitrogens with two attached hydrogens (primary N) is 1. The maximum absolute atomic E-state index is 5.97. The van der Waals surface area contributed by atoms with Gasteiger partial charge in [-0.25, -0.2) is 0 Å². The van der Waals surface area contributed by atoms with Gasteiger partial charge in [-0.05, 0) is 11.6 Å². The van der Waals surface area contributed by atoms with Crippen LogP contribution in [0.15, 0.2) is 18.2 Å². The smallest absolute Gasteiger partial charge is 0.0735 e. The highest BCUT2D eigenvalue weighted by Crippen LogP contribution is 2.28. The number of ether oxygens (including phenoxy) is 1. The zero-order chi connectivity index (χ0) is 8.55. The summed E-state index contributed by atoms with van der Waals surface area (Å²) >= 11 is 5.97. The Morgan fingerprint density at radius 2 is 2.33 bits per heavy atom. The van der Waals surface area contributed by atoms with E-state index in [4.69, 9.17) is 22.1 Å². The molecule has 2 rings (SSSR count). The molecule has 3 heteroatoms. The van der Waals surface area contributed by atoms with E-state index in [1.54, 1.807) is 0 Å². The summed E-state index contributed by atoms with van der Waals surface area (Å²) < 4.78 is 5.28. The van der Waals surface area contributed by atoms with Gasteiger partial charge in [-0.2, -0.15) is 0 Å². The second-order valence-corrected chi connectivity index (χ2v) is 3.34. The lowest BCUT2D eigenvalue weighted by Gasteiger charge is -2.23. The van der Waals surface area contributed by atoms with Crippen LogP contribution in [0, 0.1) is 0 Å². The van der Waals surface area contributed by atoms with Crippen LogP contribution in [0.25, 0.3) is 0 Å². The maximum atomic E-state index is 5.97. The highest BCUT2D eigenvalue weighted by Gasteiger charge is 2.18. The van der Waals surface area contributed by atoms with E-state index in [1.807, 2.05) is 18.2 Å². The molecule has 0 saturated carbocycles. The fourth-order valence-electron chi connectivity index (χ4n) is 1.45. The van der Waals surface area contributed by atoms with Gasteiger partial charge in [0, 0.05) is 10.6 Å². The zero-order valence-corrected chi connectivity index (χ0v) is 7.34. The van der Waals surface area contributed by atoms with Gasteiger partial charge in [0.25, 0.3) is 0 Å². The first-order valence-corrected chi connectivity index (χ1v) is 4.27. The Morgan fingerprint density at radius 1 is 1.50 bits per heavy atom. The van der Waals surface area contributed by atoms with Gasteiger partial charge < -0.3 is 10.5 Å². The Labute approximate surface area is 76.3 Å². The molecule has 0 spiro atoms. The molecule has 0 bridgehead atoms. The van der Waals surface area contributed by atoms with Crippen LogP contribution in [0.1, 0.15) is 17.2 Å². The van der Waals surface area contributed by atoms with E-state index in [2.05, 4.69) is 0 Å². The number of halogens is 1. The third-order valence-corrected chi connectivity index (χ3v) is 2.45. The summed E-state index contributed by atoms with van der Waals surface area (Å²) in [6.45, 7) is 1.18. The minimum Gasteiger partial charge on any atom is -0.375 e. The Kier molecular flexibility index (Phi) is 2.05. The van der Waals surface area contributed by atoms with Crippen molar-refractivity contribution in [1.29, 1.82) is 0 Å². The summed E-state index contributed by atoms with van der Waals surface area (Å²) in [5.74, 6) is 0. The van der Waals surface area contributed by atoms with Crippen molar-refractivity contribution < 1.29 is 4.74 Å². The van der Waals surface area contributed by atoms with Crippen molar-refractivity contribution in [3.8, 4) is 0 Å². The monoisotopic (exact) mass is 183 g/mol. The highest BCUT2D eigenvalue weighted by atomic mass is 35.5. The Bertz CT molecular complexity index is 301. The average molecular weight is 184 g/mol. The molecule has 64 valence electrons. The van der Waals surface area contributed by atoms with Crippen molar-refractivity contribution in [1.82, 2.24) is 0 Å². The second-order valence-electron chi connectivity index (χ2n) is 2.93. The summed E-state index contributed by atoms with van der Waals surface area (Å²) in [7, 11) is 0. The average Bonchev–Trinajstić information content (AvgIpc) is 2.07. The lowest BCUT2D eigenvalue weighted by Crippen LogP contribution is -2.23. The second kappa shape index (κ2) is 3.05. The summed E-state index contributed by atoms with van der Waals surface area (Å²) in [6.07, 6.45) is 0. The predicted octanol–water partition coefficient (Wildman–Crippen LogP) is 1.87. The van der Waals surface area contributed by atoms with Crippen LogP contribution in [-0.4, -0.2) is 6.61 Å². The van der Waals surface area contributed by atoms with Crippen LogP contribution < -0.4 is 5.73 Å². The molecule has 1 aromatic carbocycles. The largest absolute Gasteiger partial charge is 0.375 e. The first kappa shape index (κ1) is 8.05. The van der Waals surface area contributed by atoms with Gasteiger partial charge in [-0.15, -0.1) is 0 Å². The molecule has 1 aromatic rings. The molecular formula is C9H10ClNO. The molecule has 12 heavy (non-hydrogen) atoms. The molecule has 0 fully saturated rings. The molecule has 2 nitrogen and oxygen atoms in total. The third kappa shape index (κ3) is 1.22. The molecule has 1 heterocycles. The van der Waals surface area contributed by atoms with Gasteiger partial charge in [0.05, 0.1) is 19.3 Å². The van der Waals surface area contributed by atoms with E-state index in [0.717, 1.165) is 16.1 Å². The molecule has 0 amide bonds. The number of hydrogen-bond acceptors (Lipinski definition) is 2. The number of benzene rings is 1. The van der Waals surface area contributed by atoms with Crippen LogP contribution in [0.2, 0.25) is 5.02 Å². The fraction of sp³-hybridized carbons (Fsp3) is 0.333. The molecular weight excluding hydrogens is 174 g/mol. The summed E-state index contributed by atoms with van der Waals surface area (Å²) in [6, 6.07) is 5.77. The number of fused-ring (bicyclic) bond motifs is 1. The standard InChI is InChI=1S/C9H10ClNO/c10-8-3-1-2-6-7(8)4-12-5-9(6)11/h1-3,9H,4-5,11H2. The van der Waals surface area contributed by atoms with E-state index in [0.29, 0.717) is 13.2 Å². The van der Waals surface area contributed by atoms with Crippen LogP contribution in [0.5, 0.6) is 0 Å². The lowest BCUT2D eigenvalue weighted by molar-refractivity contribution is 0.0925. The van der Waals surface area contributed by atoms with Gasteiger partial charge in [0.15, 0.2) is 0 Å². The predicted molar refractivity (Wildman–Crippen MR) is 48.0 cm³/mol. The number of rotatable bonds is 0. The van der Waals surface area contributed by atoms with Crippen molar-refractivity contribution in [2.45, 2.75) is 12.6 Å². The fourth-order valence-corrected chi connectivity index (χ4v) is 1.69. The minimum absolute atomic E-state index is 0.0209. The topological polar surface area (TPSA) is 35.2 Å². The van der Waals surface area contributed by atoms with Crippen molar-refractivity contribution >= 4 is 11.6 Å². The lowest BCUT2D eigenvalue weighted by atomic mass is 10.00. The first-order chi connectivity index (χ1) is 5.79. The van der Waals surface area contributed by atoms with Crippen LogP contribution in [-0.2, 0) is 11.3 Å². The van der Waals surface area contributed by atoms with Gasteiger partial charge in [-0.3, -0.25) is 0 Å². The Balaban J connectivity index is 2.52. The molecule has 1 atom stereocenters. The van der Waals surface area contributed by atoms with Crippen molar-refractivity contribution in [3.63, 3.8) is 0 Å². The van der Waals surface area contributed by atoms with E-state index in [-0.39, 0.29) is 6.04 Å². The molecule has 2 N–H and O–H groups in total. The van der Waals surface area contributed by atoms with E-state index in [9.17, 15) is 0 Å². The van der Waals surface area contributed by atoms with Crippen LogP contribution in [0.4, 0.5) is 0 Å². The summed E-state index contributed by atoms with van der Waals surface area (Å²) in [5.41, 5.74) is 7.99. The molecule has 1 aliphatic heterocycles. The molecule has 0 saturated heterocycles.